The Kier molecular flexibility index (Phi) is 3.89. The molecule has 2 aromatic rings. The molecule has 1 aromatic heterocycles. The van der Waals surface area contributed by atoms with Crippen molar-refractivity contribution in [3.63, 3.8) is 0 Å². The van der Waals surface area contributed by atoms with E-state index in [-0.39, 0.29) is 17.9 Å². The zero-order valence-electron chi connectivity index (χ0n) is 15.6. The predicted molar refractivity (Wildman–Crippen MR) is 98.9 cm³/mol. The molecule has 0 spiro atoms. The molecule has 1 atom stereocenters. The normalized spacial score (nSPS) is 19.3. The molecule has 0 saturated carbocycles. The average molecular weight is 388 g/mol. The number of amides is 3. The van der Waals surface area contributed by atoms with E-state index in [1.165, 1.54) is 9.80 Å². The summed E-state index contributed by atoms with van der Waals surface area (Å²) in [7, 11) is 1.61. The minimum absolute atomic E-state index is 0.103. The number of rotatable bonds is 2. The fraction of sp³-hybridized carbons (Fsp3) is 0.368. The number of imide groups is 1. The molecule has 0 N–H and O–H groups in total. The van der Waals surface area contributed by atoms with E-state index < -0.39 is 12.1 Å². The van der Waals surface area contributed by atoms with Crippen molar-refractivity contribution < 1.29 is 18.6 Å². The van der Waals surface area contributed by atoms with Gasteiger partial charge in [-0.05, 0) is 11.6 Å². The monoisotopic (exact) mass is 387 g/mol. The third kappa shape index (κ3) is 2.73. The molecule has 27 heavy (non-hydrogen) atoms. The lowest BCUT2D eigenvalue weighted by molar-refractivity contribution is -0.679. The van der Waals surface area contributed by atoms with Crippen molar-refractivity contribution in [2.75, 3.05) is 7.05 Å². The third-order valence-electron chi connectivity index (χ3n) is 4.80. The Hall–Kier alpha value is -2.67. The first kappa shape index (κ1) is 17.7. The Balaban J connectivity index is 1.73. The first-order valence-electron chi connectivity index (χ1n) is 8.65. The van der Waals surface area contributed by atoms with Gasteiger partial charge in [-0.3, -0.25) is 14.6 Å². The summed E-state index contributed by atoms with van der Waals surface area (Å²) in [6.45, 7) is 6.17. The molecule has 4 rings (SSSR count). The molecular formula is C19H20ClN4O3+. The fourth-order valence-corrected chi connectivity index (χ4v) is 3.40. The average Bonchev–Trinajstić information content (AvgIpc) is 3.16. The number of aromatic nitrogens is 1. The molecule has 0 radical (unpaired) electrons. The Labute approximate surface area is 161 Å². The smallest absolute Gasteiger partial charge is 0.389 e. The number of carbonyl (C=O) groups is 2. The molecule has 140 valence electrons. The van der Waals surface area contributed by atoms with Gasteiger partial charge in [0.2, 0.25) is 0 Å². The van der Waals surface area contributed by atoms with Crippen LogP contribution in [0.3, 0.4) is 0 Å². The lowest BCUT2D eigenvalue weighted by atomic mass is 9.94. The molecule has 2 aliphatic heterocycles. The Bertz CT molecular complexity index is 989. The zero-order valence-corrected chi connectivity index (χ0v) is 16.3. The molecule has 3 heterocycles. The van der Waals surface area contributed by atoms with Gasteiger partial charge in [0.25, 0.3) is 17.8 Å². The third-order valence-corrected chi connectivity index (χ3v) is 5.17. The molecule has 3 amide bonds. The van der Waals surface area contributed by atoms with E-state index in [2.05, 4.69) is 4.99 Å². The van der Waals surface area contributed by atoms with Crippen molar-refractivity contribution in [1.29, 1.82) is 0 Å². The van der Waals surface area contributed by atoms with Gasteiger partial charge in [-0.1, -0.05) is 50.6 Å². The Morgan fingerprint density at radius 2 is 1.96 bits per heavy atom. The molecule has 1 unspecified atom stereocenters. The van der Waals surface area contributed by atoms with Crippen LogP contribution in [0.5, 0.6) is 0 Å². The number of amidine groups is 1. The summed E-state index contributed by atoms with van der Waals surface area (Å²) in [5, 5.41) is 0.512. The lowest BCUT2D eigenvalue weighted by Crippen LogP contribution is -2.62. The number of urea groups is 1. The molecule has 7 nitrogen and oxygen atoms in total. The van der Waals surface area contributed by atoms with Crippen molar-refractivity contribution in [3.05, 3.63) is 46.8 Å². The SMILES string of the molecule is CN1C(=O)N(Cc2ccccc2Cl)C(=O)C2C1=Nc1oc(C(C)(C)C)c[n+]12. The highest BCUT2D eigenvalue weighted by Gasteiger charge is 2.55. The highest BCUT2D eigenvalue weighted by molar-refractivity contribution is 6.31. The molecule has 0 aliphatic carbocycles. The van der Waals surface area contributed by atoms with E-state index in [0.29, 0.717) is 22.4 Å². The first-order chi connectivity index (χ1) is 12.7. The number of halogens is 1. The number of hydrogen-bond donors (Lipinski definition) is 0. The van der Waals surface area contributed by atoms with Crippen LogP contribution in [-0.4, -0.2) is 34.6 Å². The van der Waals surface area contributed by atoms with Crippen molar-refractivity contribution in [3.8, 4) is 0 Å². The summed E-state index contributed by atoms with van der Waals surface area (Å²) in [5.74, 6) is 0.756. The summed E-state index contributed by atoms with van der Waals surface area (Å²) in [5.41, 5.74) is 0.490. The number of hydrogen-bond acceptors (Lipinski definition) is 4. The maximum atomic E-state index is 13.2. The summed E-state index contributed by atoms with van der Waals surface area (Å²) < 4.78 is 7.53. The lowest BCUT2D eigenvalue weighted by Gasteiger charge is -2.32. The number of likely N-dealkylation sites (N-methyl/N-ethyl adjacent to an activating group) is 1. The van der Waals surface area contributed by atoms with Crippen LogP contribution in [-0.2, 0) is 16.8 Å². The van der Waals surface area contributed by atoms with Crippen LogP contribution in [0.1, 0.15) is 38.1 Å². The highest BCUT2D eigenvalue weighted by atomic mass is 35.5. The predicted octanol–water partition coefficient (Wildman–Crippen LogP) is 3.20. The minimum Gasteiger partial charge on any atom is -0.389 e. The number of carbonyl (C=O) groups excluding carboxylic acids is 2. The number of fused-ring (bicyclic) bond motifs is 3. The van der Waals surface area contributed by atoms with Gasteiger partial charge in [0.05, 0.1) is 6.54 Å². The quantitative estimate of drug-likeness (QED) is 0.743. The molecule has 1 saturated heterocycles. The van der Waals surface area contributed by atoms with Crippen molar-refractivity contribution in [1.82, 2.24) is 9.80 Å². The largest absolute Gasteiger partial charge is 0.506 e. The number of benzene rings is 1. The van der Waals surface area contributed by atoms with Crippen molar-refractivity contribution >= 4 is 35.4 Å². The van der Waals surface area contributed by atoms with Gasteiger partial charge in [0, 0.05) is 22.5 Å². The van der Waals surface area contributed by atoms with E-state index in [1.807, 2.05) is 26.8 Å². The summed E-state index contributed by atoms with van der Waals surface area (Å²) in [6, 6.07) is 6.34. The Morgan fingerprint density at radius 1 is 1.26 bits per heavy atom. The molecule has 1 fully saturated rings. The number of nitrogens with zero attached hydrogens (tertiary/aromatic N) is 4. The minimum atomic E-state index is -0.718. The van der Waals surface area contributed by atoms with Crippen LogP contribution in [0.4, 0.5) is 10.8 Å². The molecule has 8 heteroatoms. The Morgan fingerprint density at radius 3 is 2.63 bits per heavy atom. The van der Waals surface area contributed by atoms with Gasteiger partial charge in [-0.25, -0.2) is 4.79 Å². The highest BCUT2D eigenvalue weighted by Crippen LogP contribution is 2.33. The van der Waals surface area contributed by atoms with Gasteiger partial charge < -0.3 is 4.42 Å². The van der Waals surface area contributed by atoms with E-state index in [0.717, 1.165) is 5.76 Å². The molecule has 2 aliphatic rings. The second kappa shape index (κ2) is 5.92. The summed E-state index contributed by atoms with van der Waals surface area (Å²) >= 11 is 6.21. The van der Waals surface area contributed by atoms with E-state index in [1.54, 1.807) is 36.0 Å². The van der Waals surface area contributed by atoms with Gasteiger partial charge >= 0.3 is 12.0 Å². The second-order valence-electron chi connectivity index (χ2n) is 7.77. The maximum Gasteiger partial charge on any atom is 0.506 e. The number of oxazole rings is 1. The van der Waals surface area contributed by atoms with Crippen LogP contribution in [0.25, 0.3) is 0 Å². The van der Waals surface area contributed by atoms with E-state index >= 15 is 0 Å². The number of aliphatic imine (C=N–C) groups is 1. The standard InChI is InChI=1S/C19H20ClN4O3/c1-19(2,3)13-10-23-14-15(21-17(23)27-13)22(4)18(26)24(16(14)25)9-11-7-5-6-8-12(11)20/h5-8,10,14H,9H2,1-4H3/q+1. The van der Waals surface area contributed by atoms with Crippen LogP contribution in [0, 0.1) is 0 Å². The van der Waals surface area contributed by atoms with Crippen LogP contribution >= 0.6 is 11.6 Å². The molecule has 0 bridgehead atoms. The summed E-state index contributed by atoms with van der Waals surface area (Å²) in [6.07, 6.45) is 1.80. The molecular weight excluding hydrogens is 368 g/mol. The van der Waals surface area contributed by atoms with E-state index in [4.69, 9.17) is 16.0 Å². The molecule has 1 aromatic carbocycles. The van der Waals surface area contributed by atoms with E-state index in [9.17, 15) is 9.59 Å². The maximum absolute atomic E-state index is 13.2. The summed E-state index contributed by atoms with van der Waals surface area (Å²) in [4.78, 5) is 32.9. The van der Waals surface area contributed by atoms with Gasteiger partial charge in [-0.2, -0.15) is 4.57 Å². The topological polar surface area (TPSA) is 70.0 Å². The van der Waals surface area contributed by atoms with Gasteiger partial charge in [0.1, 0.15) is 6.20 Å². The second-order valence-corrected chi connectivity index (χ2v) is 8.17. The van der Waals surface area contributed by atoms with Crippen LogP contribution in [0.2, 0.25) is 5.02 Å². The zero-order chi connectivity index (χ0) is 19.5. The van der Waals surface area contributed by atoms with Gasteiger partial charge in [-0.15, -0.1) is 0 Å². The van der Waals surface area contributed by atoms with Crippen LogP contribution < -0.4 is 4.57 Å². The van der Waals surface area contributed by atoms with Gasteiger partial charge in [0.15, 0.2) is 5.76 Å². The van der Waals surface area contributed by atoms with Crippen molar-refractivity contribution in [2.45, 2.75) is 38.8 Å². The van der Waals surface area contributed by atoms with Crippen molar-refractivity contribution in [2.24, 2.45) is 4.99 Å². The van der Waals surface area contributed by atoms with Crippen LogP contribution in [0.15, 0.2) is 39.9 Å². The first-order valence-corrected chi connectivity index (χ1v) is 9.03. The fourth-order valence-electron chi connectivity index (χ4n) is 3.21.